The molecule has 0 aliphatic heterocycles. The van der Waals surface area contributed by atoms with Crippen LogP contribution in [0, 0.1) is 11.2 Å². The lowest BCUT2D eigenvalue weighted by molar-refractivity contribution is -0.117. The molecule has 5 nitrogen and oxygen atoms in total. The minimum absolute atomic E-state index is 0.0265. The van der Waals surface area contributed by atoms with Crippen molar-refractivity contribution in [3.8, 4) is 0 Å². The Kier molecular flexibility index (Phi) is 7.67. The summed E-state index contributed by atoms with van der Waals surface area (Å²) in [4.78, 5) is 27.3. The third-order valence-corrected chi connectivity index (χ3v) is 5.80. The van der Waals surface area contributed by atoms with E-state index in [1.165, 1.54) is 12.1 Å². The van der Waals surface area contributed by atoms with Crippen molar-refractivity contribution >= 4 is 17.5 Å². The normalized spacial score (nSPS) is 18.8. The summed E-state index contributed by atoms with van der Waals surface area (Å²) < 4.78 is 13.8. The van der Waals surface area contributed by atoms with E-state index in [2.05, 4.69) is 5.32 Å². The Morgan fingerprint density at radius 3 is 2.41 bits per heavy atom. The fraction of sp³-hybridized carbons (Fsp3) is 0.462. The second kappa shape index (κ2) is 10.3. The molecule has 2 atom stereocenters. The molecule has 0 bridgehead atoms. The summed E-state index contributed by atoms with van der Waals surface area (Å²) in [7, 11) is 0. The van der Waals surface area contributed by atoms with Crippen LogP contribution >= 0.6 is 0 Å². The highest BCUT2D eigenvalue weighted by molar-refractivity contribution is 5.94. The van der Waals surface area contributed by atoms with Crippen molar-refractivity contribution < 1.29 is 14.0 Å². The smallest absolute Gasteiger partial charge is 0.254 e. The van der Waals surface area contributed by atoms with Gasteiger partial charge in [0.25, 0.3) is 5.91 Å². The van der Waals surface area contributed by atoms with Crippen molar-refractivity contribution in [1.82, 2.24) is 4.90 Å². The third-order valence-electron chi connectivity index (χ3n) is 5.80. The van der Waals surface area contributed by atoms with Crippen LogP contribution in [0.3, 0.4) is 0 Å². The molecule has 1 aliphatic rings. The zero-order valence-electron chi connectivity index (χ0n) is 19.2. The van der Waals surface area contributed by atoms with Gasteiger partial charge in [0.05, 0.1) is 0 Å². The van der Waals surface area contributed by atoms with E-state index < -0.39 is 5.82 Å². The van der Waals surface area contributed by atoms with E-state index in [9.17, 15) is 14.0 Å². The van der Waals surface area contributed by atoms with Crippen LogP contribution in [0.15, 0.2) is 48.5 Å². The molecule has 0 spiro atoms. The number of anilines is 1. The average Bonchev–Trinajstić information content (AvgIpc) is 2.72. The highest BCUT2D eigenvalue weighted by atomic mass is 19.1. The number of nitrogens with zero attached hydrogens (tertiary/aromatic N) is 1. The van der Waals surface area contributed by atoms with E-state index in [0.717, 1.165) is 36.9 Å². The first-order valence-electron chi connectivity index (χ1n) is 11.3. The number of halogens is 1. The Labute approximate surface area is 190 Å². The van der Waals surface area contributed by atoms with Crippen molar-refractivity contribution in [3.63, 3.8) is 0 Å². The third kappa shape index (κ3) is 6.63. The molecule has 6 heteroatoms. The topological polar surface area (TPSA) is 75.4 Å². The van der Waals surface area contributed by atoms with Gasteiger partial charge in [-0.05, 0) is 54.2 Å². The maximum Gasteiger partial charge on any atom is 0.254 e. The maximum absolute atomic E-state index is 13.8. The van der Waals surface area contributed by atoms with Gasteiger partial charge in [-0.1, -0.05) is 51.8 Å². The summed E-state index contributed by atoms with van der Waals surface area (Å²) in [6, 6.07) is 13.1. The van der Waals surface area contributed by atoms with Gasteiger partial charge in [-0.25, -0.2) is 4.39 Å². The van der Waals surface area contributed by atoms with Crippen LogP contribution in [0.2, 0.25) is 0 Å². The molecular weight excluding hydrogens is 405 g/mol. The predicted octanol–water partition coefficient (Wildman–Crippen LogP) is 5.11. The zero-order chi connectivity index (χ0) is 23.3. The molecule has 2 amide bonds. The zero-order valence-corrected chi connectivity index (χ0v) is 19.2. The van der Waals surface area contributed by atoms with Gasteiger partial charge < -0.3 is 16.0 Å². The lowest BCUT2D eigenvalue weighted by Crippen LogP contribution is -2.51. The highest BCUT2D eigenvalue weighted by Crippen LogP contribution is 2.26. The quantitative estimate of drug-likeness (QED) is 0.656. The largest absolute Gasteiger partial charge is 0.330 e. The second-order valence-electron chi connectivity index (χ2n) is 9.94. The first kappa shape index (κ1) is 23.9. The number of amides is 2. The number of nitrogens with one attached hydrogen (secondary N) is 1. The number of nitrogens with two attached hydrogens (primary N) is 1. The Morgan fingerprint density at radius 2 is 1.78 bits per heavy atom. The van der Waals surface area contributed by atoms with Crippen LogP contribution in [0.25, 0.3) is 0 Å². The van der Waals surface area contributed by atoms with Crippen molar-refractivity contribution in [1.29, 1.82) is 0 Å². The maximum atomic E-state index is 13.8. The molecule has 0 radical (unpaired) electrons. The number of rotatable bonds is 6. The van der Waals surface area contributed by atoms with Crippen LogP contribution in [0.5, 0.6) is 0 Å². The molecule has 1 saturated carbocycles. The molecule has 2 aromatic rings. The molecule has 2 aromatic carbocycles. The van der Waals surface area contributed by atoms with Gasteiger partial charge in [0.1, 0.15) is 5.82 Å². The molecule has 2 unspecified atom stereocenters. The first-order chi connectivity index (χ1) is 15.1. The molecule has 172 valence electrons. The number of hydrogen-bond acceptors (Lipinski definition) is 3. The van der Waals surface area contributed by atoms with E-state index in [1.807, 2.05) is 45.0 Å². The summed E-state index contributed by atoms with van der Waals surface area (Å²) in [5, 5.41) is 2.92. The minimum atomic E-state index is -0.431. The van der Waals surface area contributed by atoms with E-state index in [0.29, 0.717) is 18.5 Å². The fourth-order valence-corrected chi connectivity index (χ4v) is 4.23. The molecule has 3 rings (SSSR count). The summed E-state index contributed by atoms with van der Waals surface area (Å²) in [5.41, 5.74) is 8.29. The van der Waals surface area contributed by atoms with Gasteiger partial charge in [0.2, 0.25) is 5.91 Å². The van der Waals surface area contributed by atoms with Crippen LogP contribution in [0.4, 0.5) is 10.1 Å². The number of carbonyl (C=O) groups is 2. The van der Waals surface area contributed by atoms with Crippen LogP contribution in [-0.4, -0.2) is 28.8 Å². The van der Waals surface area contributed by atoms with Gasteiger partial charge in [0.15, 0.2) is 0 Å². The minimum Gasteiger partial charge on any atom is -0.330 e. The van der Waals surface area contributed by atoms with E-state index in [1.54, 1.807) is 17.0 Å². The second-order valence-corrected chi connectivity index (χ2v) is 9.94. The average molecular weight is 440 g/mol. The van der Waals surface area contributed by atoms with E-state index in [4.69, 9.17) is 5.73 Å². The number of hydrogen-bond donors (Lipinski definition) is 2. The first-order valence-corrected chi connectivity index (χ1v) is 11.3. The van der Waals surface area contributed by atoms with E-state index >= 15 is 0 Å². The van der Waals surface area contributed by atoms with Crippen molar-refractivity contribution in [2.45, 2.75) is 71.5 Å². The molecule has 1 aliphatic carbocycles. The van der Waals surface area contributed by atoms with Crippen molar-refractivity contribution in [2.75, 3.05) is 5.32 Å². The van der Waals surface area contributed by atoms with Crippen LogP contribution in [0.1, 0.15) is 68.8 Å². The fourth-order valence-electron chi connectivity index (χ4n) is 4.23. The van der Waals surface area contributed by atoms with E-state index in [-0.39, 0.29) is 29.3 Å². The molecule has 1 fully saturated rings. The number of benzene rings is 2. The highest BCUT2D eigenvalue weighted by Gasteiger charge is 2.31. The lowest BCUT2D eigenvalue weighted by atomic mass is 9.89. The summed E-state index contributed by atoms with van der Waals surface area (Å²) >= 11 is 0. The molecule has 3 N–H and O–H groups in total. The van der Waals surface area contributed by atoms with Gasteiger partial charge in [-0.2, -0.15) is 0 Å². The van der Waals surface area contributed by atoms with Crippen molar-refractivity contribution in [3.05, 3.63) is 65.5 Å². The number of carbonyl (C=O) groups excluding carboxylic acids is 2. The standard InChI is InChI=1S/C26H34FN3O2/c1-26(2,3)16-24(31)29-21-13-11-18(12-14-21)17-30(23-10-5-4-9-22(23)28)25(32)19-7-6-8-20(27)15-19/h6-8,11-15,22-23H,4-5,9-10,16-17,28H2,1-3H3,(H,29,31). The molecule has 0 saturated heterocycles. The predicted molar refractivity (Wildman–Crippen MR) is 126 cm³/mol. The SMILES string of the molecule is CC(C)(C)CC(=O)Nc1ccc(CN(C(=O)c2cccc(F)c2)C2CCCCC2N)cc1. The molecule has 0 heterocycles. The van der Waals surface area contributed by atoms with Crippen LogP contribution in [-0.2, 0) is 11.3 Å². The van der Waals surface area contributed by atoms with Crippen LogP contribution < -0.4 is 11.1 Å². The van der Waals surface area contributed by atoms with Crippen molar-refractivity contribution in [2.24, 2.45) is 11.1 Å². The Balaban J connectivity index is 1.77. The Morgan fingerprint density at radius 1 is 1.09 bits per heavy atom. The molecular formula is C26H34FN3O2. The summed E-state index contributed by atoms with van der Waals surface area (Å²) in [5.74, 6) is -0.671. The lowest BCUT2D eigenvalue weighted by Gasteiger charge is -2.38. The van der Waals surface area contributed by atoms with Gasteiger partial charge >= 0.3 is 0 Å². The summed E-state index contributed by atoms with van der Waals surface area (Å²) in [6.07, 6.45) is 4.22. The van der Waals surface area contributed by atoms with Gasteiger partial charge in [0, 0.05) is 36.3 Å². The molecule has 32 heavy (non-hydrogen) atoms. The van der Waals surface area contributed by atoms with Gasteiger partial charge in [-0.3, -0.25) is 9.59 Å². The molecule has 0 aromatic heterocycles. The van der Waals surface area contributed by atoms with Gasteiger partial charge in [-0.15, -0.1) is 0 Å². The summed E-state index contributed by atoms with van der Waals surface area (Å²) in [6.45, 7) is 6.45. The monoisotopic (exact) mass is 439 g/mol. The Hall–Kier alpha value is -2.73. The Bertz CT molecular complexity index is 937.